The second-order valence-electron chi connectivity index (χ2n) is 6.21. The minimum atomic E-state index is 0. The molecule has 2 fully saturated rings. The van der Waals surface area contributed by atoms with E-state index in [1.54, 1.807) is 0 Å². The van der Waals surface area contributed by atoms with Gasteiger partial charge in [-0.3, -0.25) is 4.79 Å². The second-order valence-corrected chi connectivity index (χ2v) is 6.21. The first kappa shape index (κ1) is 15.8. The van der Waals surface area contributed by atoms with Gasteiger partial charge in [0, 0.05) is 19.1 Å². The van der Waals surface area contributed by atoms with Crippen LogP contribution >= 0.6 is 12.4 Å². The third kappa shape index (κ3) is 2.83. The Morgan fingerprint density at radius 1 is 1.33 bits per heavy atom. The highest BCUT2D eigenvalue weighted by Gasteiger charge is 2.49. The number of nitrogens with zero attached hydrogens (tertiary/aromatic N) is 1. The van der Waals surface area contributed by atoms with Gasteiger partial charge in [-0.25, -0.2) is 0 Å². The van der Waals surface area contributed by atoms with E-state index in [4.69, 9.17) is 5.73 Å². The second kappa shape index (κ2) is 6.25. The van der Waals surface area contributed by atoms with Gasteiger partial charge in [0.1, 0.15) is 0 Å². The molecule has 4 unspecified atom stereocenters. The van der Waals surface area contributed by atoms with Gasteiger partial charge in [-0.05, 0) is 43.9 Å². The summed E-state index contributed by atoms with van der Waals surface area (Å²) in [6.07, 6.45) is 3.65. The summed E-state index contributed by atoms with van der Waals surface area (Å²) in [4.78, 5) is 14.6. The van der Waals surface area contributed by atoms with E-state index in [9.17, 15) is 4.79 Å². The number of amides is 1. The molecule has 2 N–H and O–H groups in total. The summed E-state index contributed by atoms with van der Waals surface area (Å²) in [5.41, 5.74) is 6.24. The SMILES string of the molecule is CCN(CC(C)C)C(=O)C1C2CCC(C2)C1N.Cl. The van der Waals surface area contributed by atoms with Gasteiger partial charge < -0.3 is 10.6 Å². The number of carbonyl (C=O) groups is 1. The van der Waals surface area contributed by atoms with E-state index in [2.05, 4.69) is 20.8 Å². The summed E-state index contributed by atoms with van der Waals surface area (Å²) >= 11 is 0. The van der Waals surface area contributed by atoms with Crippen molar-refractivity contribution in [3.63, 3.8) is 0 Å². The Bertz CT molecular complexity index is 294. The number of fused-ring (bicyclic) bond motifs is 2. The fourth-order valence-electron chi connectivity index (χ4n) is 3.73. The number of halogens is 1. The van der Waals surface area contributed by atoms with Crippen molar-refractivity contribution in [2.75, 3.05) is 13.1 Å². The molecular formula is C14H27ClN2O. The van der Waals surface area contributed by atoms with Crippen molar-refractivity contribution in [3.05, 3.63) is 0 Å². The molecule has 106 valence electrons. The summed E-state index contributed by atoms with van der Waals surface area (Å²) in [6.45, 7) is 8.08. The largest absolute Gasteiger partial charge is 0.342 e. The van der Waals surface area contributed by atoms with Crippen molar-refractivity contribution in [2.45, 2.75) is 46.1 Å². The Kier molecular flexibility index (Phi) is 5.47. The highest BCUT2D eigenvalue weighted by atomic mass is 35.5. The first-order valence-corrected chi connectivity index (χ1v) is 7.09. The number of rotatable bonds is 4. The van der Waals surface area contributed by atoms with Crippen molar-refractivity contribution in [3.8, 4) is 0 Å². The zero-order valence-corrected chi connectivity index (χ0v) is 12.6. The van der Waals surface area contributed by atoms with Crippen LogP contribution in [0.25, 0.3) is 0 Å². The molecule has 0 heterocycles. The van der Waals surface area contributed by atoms with Crippen LogP contribution in [-0.4, -0.2) is 29.9 Å². The summed E-state index contributed by atoms with van der Waals surface area (Å²) in [6, 6.07) is 0.127. The average molecular weight is 275 g/mol. The first-order chi connectivity index (χ1) is 8.04. The molecule has 2 rings (SSSR count). The molecule has 18 heavy (non-hydrogen) atoms. The molecule has 0 saturated heterocycles. The van der Waals surface area contributed by atoms with Gasteiger partial charge in [-0.15, -0.1) is 12.4 Å². The molecule has 0 aliphatic heterocycles. The van der Waals surface area contributed by atoms with Crippen LogP contribution in [0.5, 0.6) is 0 Å². The highest BCUT2D eigenvalue weighted by molar-refractivity contribution is 5.85. The summed E-state index contributed by atoms with van der Waals surface area (Å²) in [5, 5.41) is 0. The molecule has 3 nitrogen and oxygen atoms in total. The Morgan fingerprint density at radius 2 is 1.94 bits per heavy atom. The van der Waals surface area contributed by atoms with Crippen LogP contribution in [0.15, 0.2) is 0 Å². The van der Waals surface area contributed by atoms with Crippen molar-refractivity contribution in [1.29, 1.82) is 0 Å². The number of nitrogens with two attached hydrogens (primary N) is 1. The van der Waals surface area contributed by atoms with Gasteiger partial charge in [0.05, 0.1) is 5.92 Å². The van der Waals surface area contributed by atoms with Crippen molar-refractivity contribution in [1.82, 2.24) is 4.90 Å². The minimum Gasteiger partial charge on any atom is -0.342 e. The fraction of sp³-hybridized carbons (Fsp3) is 0.929. The molecule has 2 saturated carbocycles. The molecule has 2 aliphatic carbocycles. The topological polar surface area (TPSA) is 46.3 Å². The van der Waals surface area contributed by atoms with E-state index in [0.717, 1.165) is 13.1 Å². The van der Waals surface area contributed by atoms with Crippen LogP contribution in [0.3, 0.4) is 0 Å². The molecule has 4 atom stereocenters. The van der Waals surface area contributed by atoms with Crippen molar-refractivity contribution >= 4 is 18.3 Å². The molecule has 0 aromatic heterocycles. The molecule has 4 heteroatoms. The average Bonchev–Trinajstić information content (AvgIpc) is 2.85. The lowest BCUT2D eigenvalue weighted by atomic mass is 9.84. The Hall–Kier alpha value is -0.280. The zero-order chi connectivity index (χ0) is 12.6. The maximum atomic E-state index is 12.6. The van der Waals surface area contributed by atoms with Gasteiger partial charge in [0.2, 0.25) is 5.91 Å². The lowest BCUT2D eigenvalue weighted by Gasteiger charge is -2.33. The minimum absolute atomic E-state index is 0. The normalized spacial score (nSPS) is 33.6. The van der Waals surface area contributed by atoms with Crippen LogP contribution in [-0.2, 0) is 4.79 Å². The number of hydrogen-bond acceptors (Lipinski definition) is 2. The molecular weight excluding hydrogens is 248 g/mol. The quantitative estimate of drug-likeness (QED) is 0.855. The third-order valence-electron chi connectivity index (χ3n) is 4.54. The van der Waals surface area contributed by atoms with Crippen LogP contribution in [0, 0.1) is 23.7 Å². The van der Waals surface area contributed by atoms with Gasteiger partial charge >= 0.3 is 0 Å². The van der Waals surface area contributed by atoms with E-state index in [1.807, 2.05) is 4.90 Å². The zero-order valence-electron chi connectivity index (χ0n) is 11.8. The maximum Gasteiger partial charge on any atom is 0.227 e. The molecule has 0 aromatic carbocycles. The first-order valence-electron chi connectivity index (χ1n) is 7.09. The van der Waals surface area contributed by atoms with Crippen LogP contribution in [0.1, 0.15) is 40.0 Å². The smallest absolute Gasteiger partial charge is 0.227 e. The van der Waals surface area contributed by atoms with Crippen LogP contribution in [0.2, 0.25) is 0 Å². The van der Waals surface area contributed by atoms with Crippen molar-refractivity contribution in [2.24, 2.45) is 29.4 Å². The summed E-state index contributed by atoms with van der Waals surface area (Å²) in [5.74, 6) is 2.16. The molecule has 2 aliphatic rings. The molecule has 0 aromatic rings. The Labute approximate surface area is 117 Å². The van der Waals surface area contributed by atoms with E-state index in [1.165, 1.54) is 19.3 Å². The van der Waals surface area contributed by atoms with Gasteiger partial charge in [0.25, 0.3) is 0 Å². The Balaban J connectivity index is 0.00000162. The van der Waals surface area contributed by atoms with E-state index in [-0.39, 0.29) is 24.4 Å². The number of hydrogen-bond donors (Lipinski definition) is 1. The van der Waals surface area contributed by atoms with Crippen LogP contribution in [0.4, 0.5) is 0 Å². The molecule has 1 amide bonds. The predicted molar refractivity (Wildman–Crippen MR) is 76.6 cm³/mol. The van der Waals surface area contributed by atoms with Gasteiger partial charge in [-0.1, -0.05) is 13.8 Å². The molecule has 0 spiro atoms. The molecule has 0 radical (unpaired) electrons. The van der Waals surface area contributed by atoms with E-state index in [0.29, 0.717) is 23.7 Å². The fourth-order valence-corrected chi connectivity index (χ4v) is 3.73. The maximum absolute atomic E-state index is 12.6. The predicted octanol–water partition coefficient (Wildman–Crippen LogP) is 2.29. The van der Waals surface area contributed by atoms with Crippen molar-refractivity contribution < 1.29 is 4.79 Å². The monoisotopic (exact) mass is 274 g/mol. The summed E-state index contributed by atoms with van der Waals surface area (Å²) in [7, 11) is 0. The lowest BCUT2D eigenvalue weighted by Crippen LogP contribution is -2.47. The highest BCUT2D eigenvalue weighted by Crippen LogP contribution is 2.48. The van der Waals surface area contributed by atoms with E-state index >= 15 is 0 Å². The summed E-state index contributed by atoms with van der Waals surface area (Å²) < 4.78 is 0. The van der Waals surface area contributed by atoms with Gasteiger partial charge in [0.15, 0.2) is 0 Å². The molecule has 2 bridgehead atoms. The van der Waals surface area contributed by atoms with Crippen LogP contribution < -0.4 is 5.73 Å². The standard InChI is InChI=1S/C14H26N2O.ClH/c1-4-16(8-9(2)3)14(17)12-10-5-6-11(7-10)13(12)15;/h9-13H,4-8,15H2,1-3H3;1H. The Morgan fingerprint density at radius 3 is 2.39 bits per heavy atom. The van der Waals surface area contributed by atoms with Gasteiger partial charge in [-0.2, -0.15) is 0 Å². The van der Waals surface area contributed by atoms with E-state index < -0.39 is 0 Å². The lowest BCUT2D eigenvalue weighted by molar-refractivity contribution is -0.138. The number of carbonyl (C=O) groups excluding carboxylic acids is 1. The third-order valence-corrected chi connectivity index (χ3v) is 4.54.